The maximum atomic E-state index is 2.53. The van der Waals surface area contributed by atoms with Crippen molar-refractivity contribution in [3.05, 3.63) is 53.1 Å². The second kappa shape index (κ2) is 15.1. The van der Waals surface area contributed by atoms with Crippen LogP contribution in [0.1, 0.15) is 141 Å². The molecule has 0 N–H and O–H groups in total. The van der Waals surface area contributed by atoms with Crippen LogP contribution >= 0.6 is 7.92 Å². The minimum Gasteiger partial charge on any atom is -0.0746 e. The molecule has 0 nitrogen and oxygen atoms in total. The molecule has 0 atom stereocenters. The third kappa shape index (κ3) is 8.22. The average molecular weight is 481 g/mol. The molecule has 0 fully saturated rings. The van der Waals surface area contributed by atoms with E-state index in [0.29, 0.717) is 17.8 Å². The van der Waals surface area contributed by atoms with Crippen molar-refractivity contribution in [2.45, 2.75) is 125 Å². The fraction of sp³-hybridized carbons (Fsp3) is 0.636. The highest BCUT2D eigenvalue weighted by atomic mass is 31.1. The molecule has 0 bridgehead atoms. The minimum absolute atomic E-state index is 0.117. The Morgan fingerprint density at radius 3 is 1.56 bits per heavy atom. The number of rotatable bonds is 15. The van der Waals surface area contributed by atoms with Gasteiger partial charge >= 0.3 is 0 Å². The molecule has 0 saturated carbocycles. The van der Waals surface area contributed by atoms with Gasteiger partial charge in [-0.2, -0.15) is 0 Å². The molecule has 0 spiro atoms. The lowest BCUT2D eigenvalue weighted by Crippen LogP contribution is -2.13. The van der Waals surface area contributed by atoms with E-state index in [1.807, 2.05) is 0 Å². The Kier molecular flexibility index (Phi) is 12.9. The fourth-order valence-corrected chi connectivity index (χ4v) is 7.78. The van der Waals surface area contributed by atoms with E-state index in [9.17, 15) is 0 Å². The zero-order chi connectivity index (χ0) is 25.1. The van der Waals surface area contributed by atoms with E-state index < -0.39 is 0 Å². The van der Waals surface area contributed by atoms with Gasteiger partial charge in [-0.3, -0.25) is 0 Å². The predicted octanol–water partition coefficient (Wildman–Crippen LogP) is 11.0. The topological polar surface area (TPSA) is 0 Å². The monoisotopic (exact) mass is 480 g/mol. The van der Waals surface area contributed by atoms with Gasteiger partial charge in [0.1, 0.15) is 0 Å². The molecule has 34 heavy (non-hydrogen) atoms. The van der Waals surface area contributed by atoms with Crippen molar-refractivity contribution in [3.63, 3.8) is 0 Å². The Balaban J connectivity index is 2.59. The van der Waals surface area contributed by atoms with Gasteiger partial charge in [-0.05, 0) is 76.0 Å². The Labute approximate surface area is 214 Å². The lowest BCUT2D eigenvalue weighted by atomic mass is 9.82. The molecule has 0 radical (unpaired) electrons. The van der Waals surface area contributed by atoms with Crippen LogP contribution in [-0.4, -0.2) is 12.3 Å². The van der Waals surface area contributed by atoms with Crippen LogP contribution in [0, 0.1) is 0 Å². The van der Waals surface area contributed by atoms with Crippen LogP contribution in [0.5, 0.6) is 0 Å². The first-order valence-electron chi connectivity index (χ1n) is 14.3. The largest absolute Gasteiger partial charge is 0.0746 e. The fourth-order valence-electron chi connectivity index (χ4n) is 5.04. The normalized spacial score (nSPS) is 12.0. The summed E-state index contributed by atoms with van der Waals surface area (Å²) in [5.74, 6) is 1.62. The molecule has 2 rings (SSSR count). The zero-order valence-electron chi connectivity index (χ0n) is 23.7. The Morgan fingerprint density at radius 2 is 1.12 bits per heavy atom. The van der Waals surface area contributed by atoms with Crippen LogP contribution in [0.25, 0.3) is 11.1 Å². The van der Waals surface area contributed by atoms with Gasteiger partial charge in [0.15, 0.2) is 0 Å². The van der Waals surface area contributed by atoms with Gasteiger partial charge in [0, 0.05) is 0 Å². The van der Waals surface area contributed by atoms with Crippen LogP contribution < -0.4 is 5.30 Å². The third-order valence-electron chi connectivity index (χ3n) is 7.21. The van der Waals surface area contributed by atoms with Crippen molar-refractivity contribution in [2.24, 2.45) is 0 Å². The average Bonchev–Trinajstić information content (AvgIpc) is 2.82. The molecule has 0 unspecified atom stereocenters. The molecule has 0 aliphatic heterocycles. The summed E-state index contributed by atoms with van der Waals surface area (Å²) in [7, 11) is -0.117. The van der Waals surface area contributed by atoms with Crippen molar-refractivity contribution < 1.29 is 0 Å². The number of hydrogen-bond acceptors (Lipinski definition) is 0. The number of unbranched alkanes of at least 4 members (excludes halogenated alkanes) is 6. The first-order valence-corrected chi connectivity index (χ1v) is 16.0. The quantitative estimate of drug-likeness (QED) is 0.176. The highest BCUT2D eigenvalue weighted by Gasteiger charge is 2.23. The molecule has 0 aliphatic carbocycles. The van der Waals surface area contributed by atoms with E-state index in [-0.39, 0.29) is 7.92 Å². The van der Waals surface area contributed by atoms with Gasteiger partial charge in [0.25, 0.3) is 0 Å². The maximum absolute atomic E-state index is 2.53. The summed E-state index contributed by atoms with van der Waals surface area (Å²) in [5, 5.41) is 1.67. The lowest BCUT2D eigenvalue weighted by molar-refractivity contribution is 0.697. The van der Waals surface area contributed by atoms with Crippen LogP contribution in [0.4, 0.5) is 0 Å². The van der Waals surface area contributed by atoms with Crippen LogP contribution in [0.3, 0.4) is 0 Å². The molecule has 2 aromatic rings. The maximum Gasteiger partial charge on any atom is -0.0101 e. The predicted molar refractivity (Wildman–Crippen MR) is 159 cm³/mol. The second-order valence-corrected chi connectivity index (χ2v) is 13.6. The van der Waals surface area contributed by atoms with Gasteiger partial charge in [-0.15, -0.1) is 0 Å². The molecule has 190 valence electrons. The van der Waals surface area contributed by atoms with E-state index >= 15 is 0 Å². The van der Waals surface area contributed by atoms with E-state index in [2.05, 4.69) is 91.8 Å². The SMILES string of the molecule is CCCCCCP(CCCCCC)c1ccccc1-c1c(C(C)C)cc(C(C)C)cc1C(C)C. The summed E-state index contributed by atoms with van der Waals surface area (Å²) < 4.78 is 0. The summed E-state index contributed by atoms with van der Waals surface area (Å²) in [6.07, 6.45) is 13.8. The molecular formula is C33H53P. The summed E-state index contributed by atoms with van der Waals surface area (Å²) >= 11 is 0. The summed E-state index contributed by atoms with van der Waals surface area (Å²) in [5.41, 5.74) is 7.69. The van der Waals surface area contributed by atoms with Gasteiger partial charge in [0.2, 0.25) is 0 Å². The van der Waals surface area contributed by atoms with Crippen LogP contribution in [0.15, 0.2) is 36.4 Å². The third-order valence-corrected chi connectivity index (χ3v) is 9.99. The van der Waals surface area contributed by atoms with Gasteiger partial charge < -0.3 is 0 Å². The van der Waals surface area contributed by atoms with E-state index in [4.69, 9.17) is 0 Å². The Hall–Kier alpha value is -1.13. The molecule has 0 saturated heterocycles. The molecule has 1 heteroatoms. The minimum atomic E-state index is -0.117. The van der Waals surface area contributed by atoms with E-state index in [1.165, 1.54) is 69.3 Å². The molecule has 0 aromatic heterocycles. The number of hydrogen-bond donors (Lipinski definition) is 0. The van der Waals surface area contributed by atoms with E-state index in [1.54, 1.807) is 27.6 Å². The smallest absolute Gasteiger partial charge is 0.0101 e. The van der Waals surface area contributed by atoms with Crippen molar-refractivity contribution >= 4 is 13.2 Å². The standard InChI is InChI=1S/C33H53P/c1-9-11-13-17-21-34(22-18-14-12-10-2)32-20-16-15-19-29(32)33-30(26(5)6)23-28(25(3)4)24-31(33)27(7)8/h15-16,19-20,23-27H,9-14,17-18,21-22H2,1-8H3. The van der Waals surface area contributed by atoms with Gasteiger partial charge in [-0.25, -0.2) is 0 Å². The first-order chi connectivity index (χ1) is 16.3. The first kappa shape index (κ1) is 29.1. The van der Waals surface area contributed by atoms with Gasteiger partial charge in [0.05, 0.1) is 0 Å². The molecule has 0 amide bonds. The van der Waals surface area contributed by atoms with Crippen molar-refractivity contribution in [1.29, 1.82) is 0 Å². The zero-order valence-corrected chi connectivity index (χ0v) is 24.6. The second-order valence-electron chi connectivity index (χ2n) is 11.2. The Bertz CT molecular complexity index is 804. The van der Waals surface area contributed by atoms with Crippen LogP contribution in [-0.2, 0) is 0 Å². The van der Waals surface area contributed by atoms with E-state index in [0.717, 1.165) is 0 Å². The van der Waals surface area contributed by atoms with Crippen LogP contribution in [0.2, 0.25) is 0 Å². The molecule has 0 aliphatic rings. The lowest BCUT2D eigenvalue weighted by Gasteiger charge is -2.27. The van der Waals surface area contributed by atoms with Crippen molar-refractivity contribution in [3.8, 4) is 11.1 Å². The molecule has 2 aromatic carbocycles. The summed E-state index contributed by atoms with van der Waals surface area (Å²) in [6.45, 7) is 18.9. The highest BCUT2D eigenvalue weighted by Crippen LogP contribution is 2.44. The molecule has 0 heterocycles. The van der Waals surface area contributed by atoms with Gasteiger partial charge in [-0.1, -0.05) is 138 Å². The van der Waals surface area contributed by atoms with Crippen molar-refractivity contribution in [1.82, 2.24) is 0 Å². The van der Waals surface area contributed by atoms with Crippen molar-refractivity contribution in [2.75, 3.05) is 12.3 Å². The Morgan fingerprint density at radius 1 is 0.618 bits per heavy atom. The summed E-state index contributed by atoms with van der Waals surface area (Å²) in [4.78, 5) is 0. The summed E-state index contributed by atoms with van der Waals surface area (Å²) in [6, 6.07) is 14.6. The number of benzene rings is 2. The molecular weight excluding hydrogens is 427 g/mol. The highest BCUT2D eigenvalue weighted by molar-refractivity contribution is 7.65.